The third-order valence-corrected chi connectivity index (χ3v) is 3.00. The molecule has 4 heteroatoms. The maximum atomic E-state index is 9.54. The Bertz CT molecular complexity index is 387. The van der Waals surface area contributed by atoms with E-state index in [0.29, 0.717) is 17.7 Å². The maximum Gasteiger partial charge on any atom is 0.125 e. The summed E-state index contributed by atoms with van der Waals surface area (Å²) in [5.41, 5.74) is 2.26. The van der Waals surface area contributed by atoms with Gasteiger partial charge >= 0.3 is 0 Å². The summed E-state index contributed by atoms with van der Waals surface area (Å²) in [4.78, 5) is 0. The van der Waals surface area contributed by atoms with Gasteiger partial charge in [-0.3, -0.25) is 0 Å². The van der Waals surface area contributed by atoms with Crippen molar-refractivity contribution >= 4 is 21.6 Å². The summed E-state index contributed by atoms with van der Waals surface area (Å²) in [6, 6.07) is 3.40. The van der Waals surface area contributed by atoms with Crippen LogP contribution in [0.1, 0.15) is 17.5 Å². The number of rotatable bonds is 0. The Balaban J connectivity index is 2.69. The highest BCUT2D eigenvalue weighted by Crippen LogP contribution is 2.35. The Labute approximate surface area is 83.8 Å². The van der Waals surface area contributed by atoms with E-state index < -0.39 is 0 Å². The minimum atomic E-state index is 0.184. The Morgan fingerprint density at radius 1 is 1.31 bits per heavy atom. The first-order valence-electron chi connectivity index (χ1n) is 3.95. The van der Waals surface area contributed by atoms with Crippen LogP contribution in [0.3, 0.4) is 0 Å². The number of hydrogen-bond acceptors (Lipinski definition) is 3. The molecule has 0 saturated heterocycles. The van der Waals surface area contributed by atoms with E-state index in [0.717, 1.165) is 16.5 Å². The Kier molecular flexibility index (Phi) is 2.00. The molecule has 3 nitrogen and oxygen atoms in total. The van der Waals surface area contributed by atoms with Gasteiger partial charge in [-0.05, 0) is 30.5 Å². The van der Waals surface area contributed by atoms with Gasteiger partial charge in [0, 0.05) is 10.0 Å². The third-order valence-electron chi connectivity index (χ3n) is 2.25. The predicted molar refractivity (Wildman–Crippen MR) is 52.5 cm³/mol. The molecule has 0 unspecified atom stereocenters. The maximum absolute atomic E-state index is 9.54. The van der Waals surface area contributed by atoms with Crippen LogP contribution in [-0.2, 0) is 6.42 Å². The van der Waals surface area contributed by atoms with Crippen LogP contribution < -0.4 is 0 Å². The van der Waals surface area contributed by atoms with Gasteiger partial charge in [-0.25, -0.2) is 0 Å². The molecule has 1 aliphatic rings. The predicted octanol–water partition coefficient (Wildman–Crippen LogP) is 2.28. The van der Waals surface area contributed by atoms with Crippen LogP contribution in [0.4, 0.5) is 0 Å². The van der Waals surface area contributed by atoms with E-state index in [4.69, 9.17) is 5.21 Å². The fourth-order valence-corrected chi connectivity index (χ4v) is 2.17. The normalized spacial score (nSPS) is 17.8. The number of oxime groups is 1. The van der Waals surface area contributed by atoms with Crippen molar-refractivity contribution in [2.24, 2.45) is 5.16 Å². The van der Waals surface area contributed by atoms with Crippen LogP contribution >= 0.6 is 15.9 Å². The van der Waals surface area contributed by atoms with Crippen molar-refractivity contribution in [2.75, 3.05) is 0 Å². The van der Waals surface area contributed by atoms with E-state index in [-0.39, 0.29) is 5.75 Å². The molecule has 0 aliphatic heterocycles. The minimum Gasteiger partial charge on any atom is -0.507 e. The van der Waals surface area contributed by atoms with E-state index >= 15 is 0 Å². The minimum absolute atomic E-state index is 0.184. The van der Waals surface area contributed by atoms with Crippen LogP contribution in [0.25, 0.3) is 0 Å². The molecule has 1 aromatic rings. The number of benzene rings is 1. The molecule has 0 radical (unpaired) electrons. The van der Waals surface area contributed by atoms with E-state index in [1.54, 1.807) is 12.1 Å². The van der Waals surface area contributed by atoms with Crippen molar-refractivity contribution < 1.29 is 10.3 Å². The lowest BCUT2D eigenvalue weighted by Crippen LogP contribution is -1.94. The molecule has 1 aromatic carbocycles. The topological polar surface area (TPSA) is 52.8 Å². The van der Waals surface area contributed by atoms with Crippen molar-refractivity contribution in [3.63, 3.8) is 0 Å². The zero-order valence-electron chi connectivity index (χ0n) is 6.79. The molecule has 2 rings (SSSR count). The van der Waals surface area contributed by atoms with Crippen molar-refractivity contribution in [3.05, 3.63) is 27.7 Å². The Morgan fingerprint density at radius 2 is 2.08 bits per heavy atom. The zero-order chi connectivity index (χ0) is 9.42. The molecule has 0 fully saturated rings. The number of halogens is 1. The van der Waals surface area contributed by atoms with Gasteiger partial charge < -0.3 is 10.3 Å². The number of hydrogen-bond donors (Lipinski definition) is 2. The lowest BCUT2D eigenvalue weighted by molar-refractivity contribution is 0.318. The monoisotopic (exact) mass is 241 g/mol. The van der Waals surface area contributed by atoms with Crippen LogP contribution in [0, 0.1) is 0 Å². The van der Waals surface area contributed by atoms with Gasteiger partial charge in [0.1, 0.15) is 5.75 Å². The van der Waals surface area contributed by atoms with E-state index in [9.17, 15) is 5.11 Å². The van der Waals surface area contributed by atoms with Gasteiger partial charge in [-0.15, -0.1) is 0 Å². The van der Waals surface area contributed by atoms with Gasteiger partial charge in [-0.2, -0.15) is 0 Å². The van der Waals surface area contributed by atoms with Crippen LogP contribution in [-0.4, -0.2) is 16.0 Å². The SMILES string of the molecule is O/N=C1/CCc2c(Br)ccc(O)c21. The summed E-state index contributed by atoms with van der Waals surface area (Å²) in [7, 11) is 0. The quantitative estimate of drug-likeness (QED) is 0.541. The third kappa shape index (κ3) is 1.21. The molecule has 0 saturated carbocycles. The summed E-state index contributed by atoms with van der Waals surface area (Å²) in [5.74, 6) is 0.184. The molecule has 1 aliphatic carbocycles. The number of aromatic hydroxyl groups is 1. The lowest BCUT2D eigenvalue weighted by atomic mass is 10.1. The summed E-state index contributed by atoms with van der Waals surface area (Å²) in [6.07, 6.45) is 1.49. The molecule has 68 valence electrons. The fraction of sp³-hybridized carbons (Fsp3) is 0.222. The number of phenols is 1. The first kappa shape index (κ1) is 8.56. The molecule has 2 N–H and O–H groups in total. The van der Waals surface area contributed by atoms with Gasteiger partial charge in [0.05, 0.1) is 5.71 Å². The van der Waals surface area contributed by atoms with Gasteiger partial charge in [-0.1, -0.05) is 21.1 Å². The average molecular weight is 242 g/mol. The van der Waals surface area contributed by atoms with E-state index in [1.807, 2.05) is 0 Å². The highest BCUT2D eigenvalue weighted by Gasteiger charge is 2.23. The largest absolute Gasteiger partial charge is 0.507 e. The van der Waals surface area contributed by atoms with E-state index in [2.05, 4.69) is 21.1 Å². The van der Waals surface area contributed by atoms with Crippen LogP contribution in [0.5, 0.6) is 5.75 Å². The number of phenolic OH excluding ortho intramolecular Hbond substituents is 1. The second-order valence-electron chi connectivity index (χ2n) is 2.97. The summed E-state index contributed by atoms with van der Waals surface area (Å²) in [6.45, 7) is 0. The highest BCUT2D eigenvalue weighted by molar-refractivity contribution is 9.10. The molecule has 13 heavy (non-hydrogen) atoms. The molecule has 0 spiro atoms. The van der Waals surface area contributed by atoms with E-state index in [1.165, 1.54) is 0 Å². The van der Waals surface area contributed by atoms with Crippen molar-refractivity contribution in [3.8, 4) is 5.75 Å². The lowest BCUT2D eigenvalue weighted by Gasteiger charge is -2.03. The molecule has 0 aromatic heterocycles. The smallest absolute Gasteiger partial charge is 0.125 e. The average Bonchev–Trinajstić information content (AvgIpc) is 2.56. The first-order chi connectivity index (χ1) is 6.24. The Morgan fingerprint density at radius 3 is 2.77 bits per heavy atom. The zero-order valence-corrected chi connectivity index (χ0v) is 8.37. The number of fused-ring (bicyclic) bond motifs is 1. The summed E-state index contributed by atoms with van der Waals surface area (Å²) in [5, 5.41) is 21.4. The molecular weight excluding hydrogens is 234 g/mol. The highest BCUT2D eigenvalue weighted by atomic mass is 79.9. The van der Waals surface area contributed by atoms with Gasteiger partial charge in [0.25, 0.3) is 0 Å². The summed E-state index contributed by atoms with van der Waals surface area (Å²) >= 11 is 3.39. The molecule has 0 heterocycles. The second-order valence-corrected chi connectivity index (χ2v) is 3.82. The number of nitrogens with zero attached hydrogens (tertiary/aromatic N) is 1. The molecule has 0 amide bonds. The van der Waals surface area contributed by atoms with Crippen LogP contribution in [0.15, 0.2) is 21.8 Å². The Hall–Kier alpha value is -1.03. The van der Waals surface area contributed by atoms with Crippen molar-refractivity contribution in [1.82, 2.24) is 0 Å². The standard InChI is InChI=1S/C9H8BrNO2/c10-6-2-4-8(12)9-5(6)1-3-7(9)11-13/h2,4,12-13H,1,3H2/b11-7-. The van der Waals surface area contributed by atoms with Crippen LogP contribution in [0.2, 0.25) is 0 Å². The van der Waals surface area contributed by atoms with Gasteiger partial charge in [0.2, 0.25) is 0 Å². The first-order valence-corrected chi connectivity index (χ1v) is 4.75. The second kappa shape index (κ2) is 3.03. The molecule has 0 bridgehead atoms. The molecule has 0 atom stereocenters. The molecular formula is C9H8BrNO2. The van der Waals surface area contributed by atoms with Crippen molar-refractivity contribution in [1.29, 1.82) is 0 Å². The van der Waals surface area contributed by atoms with Crippen molar-refractivity contribution in [2.45, 2.75) is 12.8 Å². The van der Waals surface area contributed by atoms with Gasteiger partial charge in [0.15, 0.2) is 0 Å². The summed E-state index contributed by atoms with van der Waals surface area (Å²) < 4.78 is 0.957. The fourth-order valence-electron chi connectivity index (χ4n) is 1.64.